The van der Waals surface area contributed by atoms with Crippen LogP contribution in [0.5, 0.6) is 0 Å². The summed E-state index contributed by atoms with van der Waals surface area (Å²) in [7, 11) is 0. The lowest BCUT2D eigenvalue weighted by Gasteiger charge is -2.10. The van der Waals surface area contributed by atoms with Crippen molar-refractivity contribution in [1.82, 2.24) is 10.3 Å². The van der Waals surface area contributed by atoms with E-state index in [4.69, 9.17) is 4.74 Å². The van der Waals surface area contributed by atoms with Crippen LogP contribution >= 0.6 is 23.1 Å². The number of nitrogens with one attached hydrogen (secondary N) is 1. The smallest absolute Gasteiger partial charge is 0.311 e. The van der Waals surface area contributed by atoms with Gasteiger partial charge in [0.15, 0.2) is 4.34 Å². The van der Waals surface area contributed by atoms with Crippen molar-refractivity contribution >= 4 is 35.0 Å². The van der Waals surface area contributed by atoms with Gasteiger partial charge in [-0.05, 0) is 20.3 Å². The third-order valence-corrected chi connectivity index (χ3v) is 4.58. The number of hydrogen-bond acceptors (Lipinski definition) is 6. The number of aromatic nitrogens is 1. The summed E-state index contributed by atoms with van der Waals surface area (Å²) in [6.07, 6.45) is 1.10. The SMILES string of the molecule is CCOC(=O)Cc1csc(SCC(=O)N[C@@H](C)CC)n1. The predicted octanol–water partition coefficient (Wildman–Crippen LogP) is 2.26. The van der Waals surface area contributed by atoms with Gasteiger partial charge in [-0.25, -0.2) is 4.98 Å². The van der Waals surface area contributed by atoms with E-state index >= 15 is 0 Å². The third-order valence-electron chi connectivity index (χ3n) is 2.51. The minimum Gasteiger partial charge on any atom is -0.466 e. The molecule has 0 aliphatic carbocycles. The number of ether oxygens (including phenoxy) is 1. The van der Waals surface area contributed by atoms with E-state index in [1.807, 2.05) is 19.2 Å². The van der Waals surface area contributed by atoms with Crippen molar-refractivity contribution in [1.29, 1.82) is 0 Å². The van der Waals surface area contributed by atoms with Gasteiger partial charge in [0.2, 0.25) is 5.91 Å². The molecule has 0 bridgehead atoms. The zero-order chi connectivity index (χ0) is 15.0. The zero-order valence-electron chi connectivity index (χ0n) is 12.0. The molecule has 1 heterocycles. The second-order valence-corrected chi connectivity index (χ2v) is 6.33. The van der Waals surface area contributed by atoms with Gasteiger partial charge in [0.05, 0.1) is 24.5 Å². The number of esters is 1. The van der Waals surface area contributed by atoms with Crippen molar-refractivity contribution in [2.75, 3.05) is 12.4 Å². The number of carbonyl (C=O) groups excluding carboxylic acids is 2. The summed E-state index contributed by atoms with van der Waals surface area (Å²) in [4.78, 5) is 27.2. The number of nitrogens with zero attached hydrogens (tertiary/aromatic N) is 1. The molecule has 0 saturated heterocycles. The van der Waals surface area contributed by atoms with Crippen molar-refractivity contribution in [2.24, 2.45) is 0 Å². The molecule has 0 aliphatic rings. The Bertz CT molecular complexity index is 449. The highest BCUT2D eigenvalue weighted by Crippen LogP contribution is 2.22. The number of thiazole rings is 1. The fraction of sp³-hybridized carbons (Fsp3) is 0.615. The van der Waals surface area contributed by atoms with Crippen LogP contribution in [-0.4, -0.2) is 35.3 Å². The Morgan fingerprint density at radius 2 is 2.25 bits per heavy atom. The first-order valence-electron chi connectivity index (χ1n) is 6.57. The fourth-order valence-corrected chi connectivity index (χ4v) is 3.00. The molecular weight excluding hydrogens is 296 g/mol. The third kappa shape index (κ3) is 6.38. The lowest BCUT2D eigenvalue weighted by molar-refractivity contribution is -0.142. The minimum absolute atomic E-state index is 0.00601. The molecule has 1 rings (SSSR count). The average Bonchev–Trinajstić information content (AvgIpc) is 2.84. The predicted molar refractivity (Wildman–Crippen MR) is 81.1 cm³/mol. The molecule has 1 aromatic heterocycles. The molecule has 1 aromatic rings. The Morgan fingerprint density at radius 1 is 1.50 bits per heavy atom. The first kappa shape index (κ1) is 17.0. The van der Waals surface area contributed by atoms with E-state index in [0.717, 1.165) is 10.8 Å². The van der Waals surface area contributed by atoms with Gasteiger partial charge in [0.25, 0.3) is 0 Å². The van der Waals surface area contributed by atoms with Crippen molar-refractivity contribution in [2.45, 2.75) is 44.0 Å². The Morgan fingerprint density at radius 3 is 2.90 bits per heavy atom. The molecule has 0 saturated carbocycles. The fourth-order valence-electron chi connectivity index (χ4n) is 1.34. The molecule has 0 aromatic carbocycles. The van der Waals surface area contributed by atoms with Crippen LogP contribution in [-0.2, 0) is 20.7 Å². The van der Waals surface area contributed by atoms with Crippen molar-refractivity contribution in [3.05, 3.63) is 11.1 Å². The molecule has 0 fully saturated rings. The zero-order valence-corrected chi connectivity index (χ0v) is 13.6. The highest BCUT2D eigenvalue weighted by atomic mass is 32.2. The number of rotatable bonds is 8. The van der Waals surface area contributed by atoms with E-state index in [2.05, 4.69) is 10.3 Å². The summed E-state index contributed by atoms with van der Waals surface area (Å²) in [5, 5.41) is 4.72. The molecule has 0 aliphatic heterocycles. The summed E-state index contributed by atoms with van der Waals surface area (Å²) in [5.74, 6) is 0.0758. The largest absolute Gasteiger partial charge is 0.466 e. The van der Waals surface area contributed by atoms with Gasteiger partial charge in [-0.15, -0.1) is 11.3 Å². The van der Waals surface area contributed by atoms with E-state index in [9.17, 15) is 9.59 Å². The number of carbonyl (C=O) groups is 2. The Balaban J connectivity index is 2.37. The van der Waals surface area contributed by atoms with Gasteiger partial charge < -0.3 is 10.1 Å². The van der Waals surface area contributed by atoms with Crippen molar-refractivity contribution in [3.8, 4) is 0 Å². The van der Waals surface area contributed by atoms with E-state index in [0.29, 0.717) is 18.1 Å². The van der Waals surface area contributed by atoms with Crippen LogP contribution in [0.25, 0.3) is 0 Å². The molecule has 5 nitrogen and oxygen atoms in total. The number of thioether (sulfide) groups is 1. The van der Waals surface area contributed by atoms with Gasteiger partial charge in [0.1, 0.15) is 0 Å². The standard InChI is InChI=1S/C13H20N2O3S2/c1-4-9(3)14-11(16)8-20-13-15-10(7-19-13)6-12(17)18-5-2/h7,9H,4-6,8H2,1-3H3,(H,14,16)/t9-/m0/s1. The highest BCUT2D eigenvalue weighted by molar-refractivity contribution is 8.01. The molecular formula is C13H20N2O3S2. The molecule has 20 heavy (non-hydrogen) atoms. The van der Waals surface area contributed by atoms with E-state index in [1.54, 1.807) is 6.92 Å². The van der Waals surface area contributed by atoms with Gasteiger partial charge >= 0.3 is 5.97 Å². The molecule has 1 atom stereocenters. The Labute approximate surface area is 127 Å². The summed E-state index contributed by atoms with van der Waals surface area (Å²) >= 11 is 2.83. The normalized spacial score (nSPS) is 11.9. The molecule has 0 spiro atoms. The van der Waals surface area contributed by atoms with Crippen LogP contribution in [0, 0.1) is 0 Å². The molecule has 112 valence electrons. The van der Waals surface area contributed by atoms with E-state index < -0.39 is 0 Å². The van der Waals surface area contributed by atoms with E-state index in [1.165, 1.54) is 23.1 Å². The summed E-state index contributed by atoms with van der Waals surface area (Å²) in [5.41, 5.74) is 0.693. The molecule has 7 heteroatoms. The Kier molecular flexibility index (Phi) is 7.61. The topological polar surface area (TPSA) is 68.3 Å². The molecule has 0 unspecified atom stereocenters. The monoisotopic (exact) mass is 316 g/mol. The van der Waals surface area contributed by atoms with Crippen LogP contribution in [0.3, 0.4) is 0 Å². The summed E-state index contributed by atoms with van der Waals surface area (Å²) < 4.78 is 5.66. The maximum Gasteiger partial charge on any atom is 0.311 e. The average molecular weight is 316 g/mol. The van der Waals surface area contributed by atoms with Gasteiger partial charge in [0, 0.05) is 11.4 Å². The minimum atomic E-state index is -0.274. The van der Waals surface area contributed by atoms with Gasteiger partial charge in [-0.2, -0.15) is 0 Å². The van der Waals surface area contributed by atoms with E-state index in [-0.39, 0.29) is 24.3 Å². The van der Waals surface area contributed by atoms with Gasteiger partial charge in [-0.3, -0.25) is 9.59 Å². The molecule has 1 N–H and O–H groups in total. The highest BCUT2D eigenvalue weighted by Gasteiger charge is 2.11. The lowest BCUT2D eigenvalue weighted by Crippen LogP contribution is -2.33. The second-order valence-electron chi connectivity index (χ2n) is 4.25. The first-order valence-corrected chi connectivity index (χ1v) is 8.43. The summed E-state index contributed by atoms with van der Waals surface area (Å²) in [6, 6.07) is 0.193. The number of hydrogen-bond donors (Lipinski definition) is 1. The second kappa shape index (κ2) is 8.97. The van der Waals surface area contributed by atoms with Crippen LogP contribution in [0.4, 0.5) is 0 Å². The van der Waals surface area contributed by atoms with Gasteiger partial charge in [-0.1, -0.05) is 18.7 Å². The van der Waals surface area contributed by atoms with Crippen LogP contribution < -0.4 is 5.32 Å². The van der Waals surface area contributed by atoms with Crippen molar-refractivity contribution < 1.29 is 14.3 Å². The van der Waals surface area contributed by atoms with Crippen LogP contribution in [0.2, 0.25) is 0 Å². The maximum absolute atomic E-state index is 11.6. The first-order chi connectivity index (χ1) is 9.55. The molecule has 1 amide bonds. The van der Waals surface area contributed by atoms with Crippen LogP contribution in [0.1, 0.15) is 32.9 Å². The Hall–Kier alpha value is -1.08. The molecule has 0 radical (unpaired) electrons. The van der Waals surface area contributed by atoms with Crippen LogP contribution in [0.15, 0.2) is 9.72 Å². The maximum atomic E-state index is 11.6. The van der Waals surface area contributed by atoms with Crippen molar-refractivity contribution in [3.63, 3.8) is 0 Å². The lowest BCUT2D eigenvalue weighted by atomic mass is 10.3. The number of amides is 1. The summed E-state index contributed by atoms with van der Waals surface area (Å²) in [6.45, 7) is 6.15. The quantitative estimate of drug-likeness (QED) is 0.588.